The van der Waals surface area contributed by atoms with Crippen molar-refractivity contribution in [2.75, 3.05) is 18.2 Å². The number of esters is 1. The second kappa shape index (κ2) is 8.06. The quantitative estimate of drug-likeness (QED) is 0.604. The van der Waals surface area contributed by atoms with Gasteiger partial charge in [0.2, 0.25) is 0 Å². The fraction of sp³-hybridized carbons (Fsp3) is 0.368. The second-order valence-corrected chi connectivity index (χ2v) is 8.20. The van der Waals surface area contributed by atoms with Gasteiger partial charge in [-0.25, -0.2) is 4.79 Å². The van der Waals surface area contributed by atoms with Gasteiger partial charge in [-0.05, 0) is 49.1 Å². The van der Waals surface area contributed by atoms with Crippen LogP contribution in [0.15, 0.2) is 29.2 Å². The highest BCUT2D eigenvalue weighted by molar-refractivity contribution is 7.99. The lowest BCUT2D eigenvalue weighted by Gasteiger charge is -2.12. The van der Waals surface area contributed by atoms with Gasteiger partial charge in [-0.15, -0.1) is 23.1 Å². The number of nitrogens with one attached hydrogen (secondary N) is 1. The highest BCUT2D eigenvalue weighted by atomic mass is 32.2. The van der Waals surface area contributed by atoms with Gasteiger partial charge >= 0.3 is 5.97 Å². The smallest absolute Gasteiger partial charge is 0.341 e. The van der Waals surface area contributed by atoms with E-state index >= 15 is 0 Å². The number of carbonyl (C=O) groups excluding carboxylic acids is 2. The van der Waals surface area contributed by atoms with Crippen molar-refractivity contribution in [1.29, 1.82) is 0 Å². The average Bonchev–Trinajstić information content (AvgIpc) is 2.99. The van der Waals surface area contributed by atoms with Gasteiger partial charge in [0.1, 0.15) is 5.00 Å². The molecule has 0 unspecified atom stereocenters. The lowest BCUT2D eigenvalue weighted by Crippen LogP contribution is -2.15. The van der Waals surface area contributed by atoms with Crippen molar-refractivity contribution in [2.24, 2.45) is 0 Å². The number of thiophene rings is 1. The number of rotatable bonds is 5. The number of ether oxygens (including phenoxy) is 1. The van der Waals surface area contributed by atoms with Gasteiger partial charge in [-0.1, -0.05) is 19.1 Å². The third-order valence-corrected chi connectivity index (χ3v) is 6.38. The van der Waals surface area contributed by atoms with Crippen LogP contribution in [0.1, 0.15) is 50.9 Å². The molecule has 0 spiro atoms. The Hall–Kier alpha value is -1.79. The Kier molecular flexibility index (Phi) is 5.81. The molecule has 1 N–H and O–H groups in total. The molecule has 3 rings (SSSR count). The van der Waals surface area contributed by atoms with Crippen LogP contribution in [0.25, 0.3) is 0 Å². The van der Waals surface area contributed by atoms with Crippen molar-refractivity contribution < 1.29 is 14.3 Å². The number of amides is 1. The van der Waals surface area contributed by atoms with Crippen LogP contribution in [-0.2, 0) is 17.6 Å². The Morgan fingerprint density at radius 3 is 2.76 bits per heavy atom. The van der Waals surface area contributed by atoms with Crippen LogP contribution < -0.4 is 5.32 Å². The molecule has 0 atom stereocenters. The lowest BCUT2D eigenvalue weighted by molar-refractivity contribution is 0.0601. The van der Waals surface area contributed by atoms with Crippen LogP contribution in [0, 0.1) is 0 Å². The van der Waals surface area contributed by atoms with Crippen LogP contribution in [0.4, 0.5) is 5.00 Å². The van der Waals surface area contributed by atoms with Gasteiger partial charge in [0.25, 0.3) is 5.91 Å². The van der Waals surface area contributed by atoms with Crippen molar-refractivity contribution in [3.8, 4) is 0 Å². The van der Waals surface area contributed by atoms with Gasteiger partial charge in [-0.3, -0.25) is 4.79 Å². The van der Waals surface area contributed by atoms with Crippen LogP contribution in [0.5, 0.6) is 0 Å². The standard InChI is InChI=1S/C19H21NO3S2/c1-3-24-14-10-6-5-9-13(14)17(21)20-18-16(19(22)23-2)12-8-4-7-11-15(12)25-18/h5-6,9-10H,3-4,7-8,11H2,1-2H3,(H,20,21). The summed E-state index contributed by atoms with van der Waals surface area (Å²) in [6, 6.07) is 7.55. The number of hydrogen-bond acceptors (Lipinski definition) is 5. The van der Waals surface area contributed by atoms with Crippen molar-refractivity contribution >= 4 is 40.0 Å². The first-order valence-corrected chi connectivity index (χ1v) is 10.2. The molecule has 6 heteroatoms. The van der Waals surface area contributed by atoms with Gasteiger partial charge in [-0.2, -0.15) is 0 Å². The summed E-state index contributed by atoms with van der Waals surface area (Å²) in [7, 11) is 1.38. The van der Waals surface area contributed by atoms with E-state index in [0.29, 0.717) is 16.1 Å². The van der Waals surface area contributed by atoms with Crippen molar-refractivity contribution in [2.45, 2.75) is 37.5 Å². The molecule has 1 aliphatic carbocycles. The summed E-state index contributed by atoms with van der Waals surface area (Å²) in [5.41, 5.74) is 2.22. The first kappa shape index (κ1) is 18.0. The van der Waals surface area contributed by atoms with Crippen molar-refractivity contribution in [3.05, 3.63) is 45.8 Å². The Morgan fingerprint density at radius 2 is 2.00 bits per heavy atom. The fourth-order valence-corrected chi connectivity index (χ4v) is 5.15. The molecular weight excluding hydrogens is 354 g/mol. The highest BCUT2D eigenvalue weighted by Gasteiger charge is 2.27. The molecule has 0 fully saturated rings. The van der Waals surface area contributed by atoms with Gasteiger partial charge in [0.15, 0.2) is 0 Å². The van der Waals surface area contributed by atoms with Crippen LogP contribution in [0.3, 0.4) is 0 Å². The molecule has 0 saturated carbocycles. The zero-order chi connectivity index (χ0) is 17.8. The molecule has 1 amide bonds. The molecule has 2 aromatic rings. The predicted molar refractivity (Wildman–Crippen MR) is 103 cm³/mol. The van der Waals surface area contributed by atoms with Crippen molar-refractivity contribution in [3.63, 3.8) is 0 Å². The zero-order valence-corrected chi connectivity index (χ0v) is 16.0. The maximum absolute atomic E-state index is 12.8. The molecule has 0 saturated heterocycles. The molecule has 1 aromatic heterocycles. The zero-order valence-electron chi connectivity index (χ0n) is 14.4. The van der Waals surface area contributed by atoms with E-state index in [1.807, 2.05) is 24.3 Å². The Morgan fingerprint density at radius 1 is 1.24 bits per heavy atom. The average molecular weight is 376 g/mol. The van der Waals surface area contributed by atoms with Gasteiger partial charge in [0, 0.05) is 9.77 Å². The van der Waals surface area contributed by atoms with E-state index in [2.05, 4.69) is 12.2 Å². The normalized spacial score (nSPS) is 13.2. The summed E-state index contributed by atoms with van der Waals surface area (Å²) in [4.78, 5) is 27.2. The van der Waals surface area contributed by atoms with E-state index in [4.69, 9.17) is 4.74 Å². The minimum absolute atomic E-state index is 0.180. The van der Waals surface area contributed by atoms with E-state index in [9.17, 15) is 9.59 Å². The number of methoxy groups -OCH3 is 1. The van der Waals surface area contributed by atoms with Crippen LogP contribution in [0.2, 0.25) is 0 Å². The number of benzene rings is 1. The maximum Gasteiger partial charge on any atom is 0.341 e. The number of carbonyl (C=O) groups is 2. The highest BCUT2D eigenvalue weighted by Crippen LogP contribution is 2.39. The summed E-state index contributed by atoms with van der Waals surface area (Å²) in [5, 5.41) is 3.57. The van der Waals surface area contributed by atoms with E-state index in [1.165, 1.54) is 23.3 Å². The monoisotopic (exact) mass is 375 g/mol. The Balaban J connectivity index is 1.94. The third kappa shape index (κ3) is 3.75. The lowest BCUT2D eigenvalue weighted by atomic mass is 9.95. The first-order valence-electron chi connectivity index (χ1n) is 8.41. The summed E-state index contributed by atoms with van der Waals surface area (Å²) >= 11 is 3.14. The minimum atomic E-state index is -0.370. The molecule has 0 radical (unpaired) electrons. The number of thioether (sulfide) groups is 1. The number of aryl methyl sites for hydroxylation is 1. The molecule has 0 bridgehead atoms. The molecule has 1 aromatic carbocycles. The largest absolute Gasteiger partial charge is 0.465 e. The van der Waals surface area contributed by atoms with Crippen LogP contribution in [-0.4, -0.2) is 24.7 Å². The minimum Gasteiger partial charge on any atom is -0.465 e. The van der Waals surface area contributed by atoms with E-state index < -0.39 is 0 Å². The molecule has 132 valence electrons. The van der Waals surface area contributed by atoms with E-state index in [1.54, 1.807) is 11.8 Å². The molecule has 1 heterocycles. The number of anilines is 1. The predicted octanol–water partition coefficient (Wildman–Crippen LogP) is 4.78. The fourth-order valence-electron chi connectivity index (χ4n) is 3.08. The number of hydrogen-bond donors (Lipinski definition) is 1. The first-order chi connectivity index (χ1) is 12.2. The molecule has 0 aliphatic heterocycles. The summed E-state index contributed by atoms with van der Waals surface area (Å²) in [6.07, 6.45) is 4.02. The molecule has 25 heavy (non-hydrogen) atoms. The van der Waals surface area contributed by atoms with Crippen molar-refractivity contribution in [1.82, 2.24) is 0 Å². The topological polar surface area (TPSA) is 55.4 Å². The summed E-state index contributed by atoms with van der Waals surface area (Å²) in [6.45, 7) is 2.06. The van der Waals surface area contributed by atoms with E-state index in [0.717, 1.165) is 41.9 Å². The summed E-state index contributed by atoms with van der Waals surface area (Å²) in [5.74, 6) is 0.344. The van der Waals surface area contributed by atoms with Gasteiger partial charge < -0.3 is 10.1 Å². The third-order valence-electron chi connectivity index (χ3n) is 4.22. The SMILES string of the molecule is CCSc1ccccc1C(=O)Nc1sc2c(c1C(=O)OC)CCCC2. The number of fused-ring (bicyclic) bond motifs is 1. The second-order valence-electron chi connectivity index (χ2n) is 5.79. The molecule has 4 nitrogen and oxygen atoms in total. The Labute approximate surface area is 156 Å². The maximum atomic E-state index is 12.8. The van der Waals surface area contributed by atoms with E-state index in [-0.39, 0.29) is 11.9 Å². The molecular formula is C19H21NO3S2. The Bertz CT molecular complexity index is 798. The molecule has 1 aliphatic rings. The van der Waals surface area contributed by atoms with Crippen LogP contribution >= 0.6 is 23.1 Å². The summed E-state index contributed by atoms with van der Waals surface area (Å²) < 4.78 is 4.96. The van der Waals surface area contributed by atoms with Gasteiger partial charge in [0.05, 0.1) is 18.2 Å².